The lowest BCUT2D eigenvalue weighted by molar-refractivity contribution is -0.123. The first-order chi connectivity index (χ1) is 9.29. The Kier molecular flexibility index (Phi) is 5.70. The zero-order valence-electron chi connectivity index (χ0n) is 12.3. The first-order valence-electron chi connectivity index (χ1n) is 6.69. The summed E-state index contributed by atoms with van der Waals surface area (Å²) in [6.07, 6.45) is 0.241. The molecule has 5 heteroatoms. The Bertz CT molecular complexity index is 452. The number of amides is 2. The van der Waals surface area contributed by atoms with Gasteiger partial charge in [0.25, 0.3) is 0 Å². The summed E-state index contributed by atoms with van der Waals surface area (Å²) in [5, 5.41) is 5.51. The van der Waals surface area contributed by atoms with Crippen molar-refractivity contribution >= 4 is 11.8 Å². The summed E-state index contributed by atoms with van der Waals surface area (Å²) >= 11 is 0. The third-order valence-electron chi connectivity index (χ3n) is 2.61. The lowest BCUT2D eigenvalue weighted by Gasteiger charge is -2.20. The van der Waals surface area contributed by atoms with E-state index in [1.54, 1.807) is 12.1 Å². The SMILES string of the molecule is CC(C)(C)NC(=O)CCNC(=O)[C@H](N)c1ccccc1. The number of hydrogen-bond acceptors (Lipinski definition) is 3. The van der Waals surface area contributed by atoms with E-state index in [9.17, 15) is 9.59 Å². The van der Waals surface area contributed by atoms with Crippen LogP contribution in [0.5, 0.6) is 0 Å². The zero-order chi connectivity index (χ0) is 15.2. The summed E-state index contributed by atoms with van der Waals surface area (Å²) in [4.78, 5) is 23.4. The number of carbonyl (C=O) groups excluding carboxylic acids is 2. The number of hydrogen-bond donors (Lipinski definition) is 3. The van der Waals surface area contributed by atoms with Gasteiger partial charge in [0.1, 0.15) is 6.04 Å². The molecule has 1 aromatic rings. The lowest BCUT2D eigenvalue weighted by Crippen LogP contribution is -2.42. The Balaban J connectivity index is 2.35. The molecule has 1 rings (SSSR count). The van der Waals surface area contributed by atoms with E-state index in [1.807, 2.05) is 39.0 Å². The van der Waals surface area contributed by atoms with Gasteiger partial charge in [-0.15, -0.1) is 0 Å². The summed E-state index contributed by atoms with van der Waals surface area (Å²) in [5.41, 5.74) is 6.34. The van der Waals surface area contributed by atoms with Crippen LogP contribution in [0.25, 0.3) is 0 Å². The van der Waals surface area contributed by atoms with Gasteiger partial charge < -0.3 is 16.4 Å². The minimum atomic E-state index is -0.707. The highest BCUT2D eigenvalue weighted by molar-refractivity contribution is 5.83. The van der Waals surface area contributed by atoms with Crippen LogP contribution in [-0.2, 0) is 9.59 Å². The number of nitrogens with two attached hydrogens (primary N) is 1. The summed E-state index contributed by atoms with van der Waals surface area (Å²) in [5.74, 6) is -0.370. The fraction of sp³-hybridized carbons (Fsp3) is 0.467. The average Bonchev–Trinajstić information content (AvgIpc) is 2.36. The highest BCUT2D eigenvalue weighted by Gasteiger charge is 2.16. The molecule has 0 aromatic heterocycles. The van der Waals surface area contributed by atoms with Gasteiger partial charge >= 0.3 is 0 Å². The molecule has 0 unspecified atom stereocenters. The van der Waals surface area contributed by atoms with Crippen molar-refractivity contribution in [1.29, 1.82) is 0 Å². The van der Waals surface area contributed by atoms with Crippen LogP contribution in [0.4, 0.5) is 0 Å². The normalized spacial score (nSPS) is 12.6. The van der Waals surface area contributed by atoms with Crippen LogP contribution in [-0.4, -0.2) is 23.9 Å². The molecule has 0 spiro atoms. The van der Waals surface area contributed by atoms with Crippen molar-refractivity contribution in [1.82, 2.24) is 10.6 Å². The van der Waals surface area contributed by atoms with E-state index >= 15 is 0 Å². The van der Waals surface area contributed by atoms with Crippen LogP contribution in [0.1, 0.15) is 38.8 Å². The molecule has 4 N–H and O–H groups in total. The number of carbonyl (C=O) groups is 2. The van der Waals surface area contributed by atoms with Crippen LogP contribution in [0.2, 0.25) is 0 Å². The van der Waals surface area contributed by atoms with Crippen LogP contribution in [0.3, 0.4) is 0 Å². The standard InChI is InChI=1S/C15H23N3O2/c1-15(2,3)18-12(19)9-10-17-14(20)13(16)11-7-5-4-6-8-11/h4-8,13H,9-10,16H2,1-3H3,(H,17,20)(H,18,19)/t13-/m1/s1. The fourth-order valence-corrected chi connectivity index (χ4v) is 1.70. The van der Waals surface area contributed by atoms with Crippen molar-refractivity contribution in [2.24, 2.45) is 5.73 Å². The highest BCUT2D eigenvalue weighted by atomic mass is 16.2. The van der Waals surface area contributed by atoms with Gasteiger partial charge in [0.15, 0.2) is 0 Å². The molecule has 110 valence electrons. The molecule has 0 bridgehead atoms. The Hall–Kier alpha value is -1.88. The monoisotopic (exact) mass is 277 g/mol. The molecule has 1 aromatic carbocycles. The molecule has 0 saturated heterocycles. The van der Waals surface area contributed by atoms with E-state index in [-0.39, 0.29) is 30.3 Å². The molecular weight excluding hydrogens is 254 g/mol. The average molecular weight is 277 g/mol. The Labute approximate surface area is 119 Å². The van der Waals surface area contributed by atoms with Crippen molar-refractivity contribution in [3.8, 4) is 0 Å². The molecule has 20 heavy (non-hydrogen) atoms. The van der Waals surface area contributed by atoms with E-state index < -0.39 is 6.04 Å². The minimum absolute atomic E-state index is 0.0916. The van der Waals surface area contributed by atoms with Gasteiger partial charge in [-0.3, -0.25) is 9.59 Å². The smallest absolute Gasteiger partial charge is 0.241 e. The number of benzene rings is 1. The lowest BCUT2D eigenvalue weighted by atomic mass is 10.1. The Morgan fingerprint density at radius 1 is 1.20 bits per heavy atom. The molecule has 5 nitrogen and oxygen atoms in total. The topological polar surface area (TPSA) is 84.2 Å². The third kappa shape index (κ3) is 5.84. The Morgan fingerprint density at radius 3 is 2.35 bits per heavy atom. The van der Waals surface area contributed by atoms with E-state index in [0.717, 1.165) is 5.56 Å². The van der Waals surface area contributed by atoms with Crippen LogP contribution < -0.4 is 16.4 Å². The maximum atomic E-state index is 11.8. The second kappa shape index (κ2) is 7.05. The molecule has 0 fully saturated rings. The predicted molar refractivity (Wildman–Crippen MR) is 78.9 cm³/mol. The van der Waals surface area contributed by atoms with Crippen molar-refractivity contribution < 1.29 is 9.59 Å². The second-order valence-corrected chi connectivity index (χ2v) is 5.73. The molecule has 0 radical (unpaired) electrons. The summed E-state index contributed by atoms with van der Waals surface area (Å²) in [6, 6.07) is 8.43. The highest BCUT2D eigenvalue weighted by Crippen LogP contribution is 2.09. The van der Waals surface area contributed by atoms with Gasteiger partial charge in [0.05, 0.1) is 0 Å². The van der Waals surface area contributed by atoms with E-state index in [1.165, 1.54) is 0 Å². The molecule has 1 atom stereocenters. The third-order valence-corrected chi connectivity index (χ3v) is 2.61. The van der Waals surface area contributed by atoms with Gasteiger partial charge in [0.2, 0.25) is 11.8 Å². The first-order valence-corrected chi connectivity index (χ1v) is 6.69. The van der Waals surface area contributed by atoms with Crippen molar-refractivity contribution in [2.75, 3.05) is 6.54 Å². The van der Waals surface area contributed by atoms with Crippen LogP contribution in [0.15, 0.2) is 30.3 Å². The van der Waals surface area contributed by atoms with Gasteiger partial charge in [-0.05, 0) is 26.3 Å². The summed E-state index contributed by atoms with van der Waals surface area (Å²) < 4.78 is 0. The number of nitrogens with one attached hydrogen (secondary N) is 2. The van der Waals surface area contributed by atoms with E-state index in [0.29, 0.717) is 0 Å². The van der Waals surface area contributed by atoms with Crippen LogP contribution in [0, 0.1) is 0 Å². The maximum Gasteiger partial charge on any atom is 0.241 e. The number of rotatable bonds is 5. The van der Waals surface area contributed by atoms with Gasteiger partial charge in [-0.25, -0.2) is 0 Å². The quantitative estimate of drug-likeness (QED) is 0.753. The molecule has 2 amide bonds. The molecule has 0 heterocycles. The van der Waals surface area contributed by atoms with Crippen LogP contribution >= 0.6 is 0 Å². The zero-order valence-corrected chi connectivity index (χ0v) is 12.3. The van der Waals surface area contributed by atoms with E-state index in [4.69, 9.17) is 5.73 Å². The second-order valence-electron chi connectivity index (χ2n) is 5.73. The van der Waals surface area contributed by atoms with Crippen molar-refractivity contribution in [3.63, 3.8) is 0 Å². The van der Waals surface area contributed by atoms with Gasteiger partial charge in [-0.1, -0.05) is 30.3 Å². The molecule has 0 aliphatic heterocycles. The summed E-state index contributed by atoms with van der Waals surface area (Å²) in [7, 11) is 0. The maximum absolute atomic E-state index is 11.8. The summed E-state index contributed by atoms with van der Waals surface area (Å²) in [6.45, 7) is 6.01. The van der Waals surface area contributed by atoms with Gasteiger partial charge in [-0.2, -0.15) is 0 Å². The minimum Gasteiger partial charge on any atom is -0.354 e. The van der Waals surface area contributed by atoms with Crippen molar-refractivity contribution in [2.45, 2.75) is 38.8 Å². The molecule has 0 saturated carbocycles. The van der Waals surface area contributed by atoms with Crippen molar-refractivity contribution in [3.05, 3.63) is 35.9 Å². The molecular formula is C15H23N3O2. The predicted octanol–water partition coefficient (Wildman–Crippen LogP) is 1.11. The molecule has 0 aliphatic rings. The van der Waals surface area contributed by atoms with Gasteiger partial charge in [0, 0.05) is 18.5 Å². The fourth-order valence-electron chi connectivity index (χ4n) is 1.70. The van der Waals surface area contributed by atoms with E-state index in [2.05, 4.69) is 10.6 Å². The Morgan fingerprint density at radius 2 is 1.80 bits per heavy atom. The molecule has 0 aliphatic carbocycles. The first kappa shape index (κ1) is 16.2. The largest absolute Gasteiger partial charge is 0.354 e.